The maximum atomic E-state index is 12.8. The number of rotatable bonds is 6. The van der Waals surface area contributed by atoms with E-state index in [1.54, 1.807) is 47.5 Å². The fraction of sp³-hybridized carbons (Fsp3) is 0.0476. The van der Waals surface area contributed by atoms with E-state index in [0.717, 1.165) is 5.56 Å². The van der Waals surface area contributed by atoms with Gasteiger partial charge < -0.3 is 9.52 Å². The molecule has 0 spiro atoms. The number of carboxylic acids is 1. The van der Waals surface area contributed by atoms with Crippen LogP contribution in [0.2, 0.25) is 0 Å². The van der Waals surface area contributed by atoms with Gasteiger partial charge in [-0.15, -0.1) is 17.9 Å². The summed E-state index contributed by atoms with van der Waals surface area (Å²) < 4.78 is 5.84. The second-order valence-corrected chi connectivity index (χ2v) is 7.99. The van der Waals surface area contributed by atoms with E-state index in [2.05, 4.69) is 16.6 Å². The number of thiazole rings is 1. The molecule has 7 nitrogen and oxygen atoms in total. The van der Waals surface area contributed by atoms with Crippen molar-refractivity contribution in [2.45, 2.75) is 0 Å². The standard InChI is InChI=1S/C21H15N3O4S2/c1-2-10-24-18(25)17(30-21(24)23-20-22-9-11-29-20)12-15-7-8-16(28-15)13-3-5-14(6-4-13)19(26)27/h2-9,11-12H,1,10H2,(H,26,27). The molecule has 1 aliphatic rings. The van der Waals surface area contributed by atoms with E-state index in [4.69, 9.17) is 9.52 Å². The van der Waals surface area contributed by atoms with Crippen LogP contribution in [0.25, 0.3) is 17.4 Å². The smallest absolute Gasteiger partial charge is 0.335 e. The SMILES string of the molecule is C=CCN1C(=O)C(=Cc2ccc(-c3ccc(C(=O)O)cc3)o2)SC1=Nc1nccs1. The number of hydrogen-bond acceptors (Lipinski definition) is 7. The third-order valence-corrected chi connectivity index (χ3v) is 5.80. The Bertz CT molecular complexity index is 1160. The minimum atomic E-state index is -0.984. The van der Waals surface area contributed by atoms with Gasteiger partial charge in [0, 0.05) is 29.8 Å². The molecule has 1 aromatic carbocycles. The van der Waals surface area contributed by atoms with Gasteiger partial charge in [0.2, 0.25) is 5.13 Å². The third-order valence-electron chi connectivity index (χ3n) is 4.13. The molecule has 1 saturated heterocycles. The molecule has 9 heteroatoms. The van der Waals surface area contributed by atoms with Crippen molar-refractivity contribution >= 4 is 51.4 Å². The summed E-state index contributed by atoms with van der Waals surface area (Å²) >= 11 is 2.64. The summed E-state index contributed by atoms with van der Waals surface area (Å²) in [7, 11) is 0. The van der Waals surface area contributed by atoms with Crippen LogP contribution in [0, 0.1) is 0 Å². The predicted molar refractivity (Wildman–Crippen MR) is 118 cm³/mol. The number of carboxylic acid groups (broad SMARTS) is 1. The Kier molecular flexibility index (Phi) is 5.64. The van der Waals surface area contributed by atoms with E-state index < -0.39 is 5.97 Å². The summed E-state index contributed by atoms with van der Waals surface area (Å²) in [6, 6.07) is 9.93. The number of benzene rings is 1. The van der Waals surface area contributed by atoms with Gasteiger partial charge in [-0.25, -0.2) is 9.78 Å². The fourth-order valence-electron chi connectivity index (χ4n) is 2.73. The minimum Gasteiger partial charge on any atom is -0.478 e. The number of amidine groups is 1. The molecule has 0 aliphatic carbocycles. The first-order valence-electron chi connectivity index (χ1n) is 8.79. The second kappa shape index (κ2) is 8.52. The van der Waals surface area contributed by atoms with Gasteiger partial charge in [-0.1, -0.05) is 18.2 Å². The zero-order valence-electron chi connectivity index (χ0n) is 15.5. The number of aliphatic imine (C=N–C) groups is 1. The highest BCUT2D eigenvalue weighted by Crippen LogP contribution is 2.35. The molecule has 1 amide bonds. The topological polar surface area (TPSA) is 96.0 Å². The average molecular weight is 438 g/mol. The van der Waals surface area contributed by atoms with Gasteiger partial charge in [0.15, 0.2) is 5.17 Å². The van der Waals surface area contributed by atoms with Crippen molar-refractivity contribution < 1.29 is 19.1 Å². The molecule has 1 aliphatic heterocycles. The third kappa shape index (κ3) is 4.12. The number of hydrogen-bond donors (Lipinski definition) is 1. The minimum absolute atomic E-state index is 0.182. The first-order chi connectivity index (χ1) is 14.5. The Labute approximate surface area is 180 Å². The quantitative estimate of drug-likeness (QED) is 0.436. The van der Waals surface area contributed by atoms with Gasteiger partial charge in [0.1, 0.15) is 11.5 Å². The van der Waals surface area contributed by atoms with Crippen LogP contribution in [0.4, 0.5) is 5.13 Å². The van der Waals surface area contributed by atoms with Gasteiger partial charge in [-0.05, 0) is 36.0 Å². The highest BCUT2D eigenvalue weighted by atomic mass is 32.2. The number of thioether (sulfide) groups is 1. The number of carbonyl (C=O) groups excluding carboxylic acids is 1. The number of carbonyl (C=O) groups is 2. The van der Waals surface area contributed by atoms with Crippen molar-refractivity contribution in [1.29, 1.82) is 0 Å². The van der Waals surface area contributed by atoms with Crippen molar-refractivity contribution in [3.8, 4) is 11.3 Å². The van der Waals surface area contributed by atoms with Crippen molar-refractivity contribution in [2.24, 2.45) is 4.99 Å². The van der Waals surface area contributed by atoms with Crippen molar-refractivity contribution in [2.75, 3.05) is 6.54 Å². The van der Waals surface area contributed by atoms with Crippen molar-refractivity contribution in [3.05, 3.63) is 76.9 Å². The maximum Gasteiger partial charge on any atom is 0.335 e. The largest absolute Gasteiger partial charge is 0.478 e. The zero-order chi connectivity index (χ0) is 21.1. The van der Waals surface area contributed by atoms with Gasteiger partial charge in [0.25, 0.3) is 5.91 Å². The summed E-state index contributed by atoms with van der Waals surface area (Å²) in [6.07, 6.45) is 4.97. The lowest BCUT2D eigenvalue weighted by atomic mass is 10.1. The number of nitrogens with zero attached hydrogens (tertiary/aromatic N) is 3. The highest BCUT2D eigenvalue weighted by molar-refractivity contribution is 8.18. The summed E-state index contributed by atoms with van der Waals surface area (Å²) in [5, 5.41) is 11.9. The fourth-order valence-corrected chi connectivity index (χ4v) is 4.26. The van der Waals surface area contributed by atoms with E-state index in [1.165, 1.54) is 35.2 Å². The van der Waals surface area contributed by atoms with Gasteiger partial charge in [-0.2, -0.15) is 4.99 Å². The molecule has 30 heavy (non-hydrogen) atoms. The Morgan fingerprint density at radius 1 is 1.27 bits per heavy atom. The number of aromatic nitrogens is 1. The highest BCUT2D eigenvalue weighted by Gasteiger charge is 2.33. The number of aromatic carboxylic acids is 1. The molecule has 150 valence electrons. The molecule has 0 radical (unpaired) electrons. The molecule has 0 saturated carbocycles. The Balaban J connectivity index is 1.59. The van der Waals surface area contributed by atoms with Crippen molar-refractivity contribution in [1.82, 2.24) is 9.88 Å². The van der Waals surface area contributed by atoms with Crippen LogP contribution in [0.3, 0.4) is 0 Å². The lowest BCUT2D eigenvalue weighted by molar-refractivity contribution is -0.121. The molecule has 4 rings (SSSR count). The number of furan rings is 1. The van der Waals surface area contributed by atoms with E-state index in [-0.39, 0.29) is 11.5 Å². The molecule has 2 aromatic heterocycles. The molecule has 3 heterocycles. The van der Waals surface area contributed by atoms with Crippen LogP contribution in [-0.4, -0.2) is 38.6 Å². The molecule has 1 N–H and O–H groups in total. The lowest BCUT2D eigenvalue weighted by Gasteiger charge is -2.11. The second-order valence-electron chi connectivity index (χ2n) is 6.11. The molecule has 0 bridgehead atoms. The summed E-state index contributed by atoms with van der Waals surface area (Å²) in [5.41, 5.74) is 0.948. The van der Waals surface area contributed by atoms with Crippen LogP contribution in [0.5, 0.6) is 0 Å². The molecular formula is C21H15N3O4S2. The normalized spacial score (nSPS) is 16.5. The maximum absolute atomic E-state index is 12.8. The molecular weight excluding hydrogens is 422 g/mol. The van der Waals surface area contributed by atoms with Crippen LogP contribution in [0.1, 0.15) is 16.1 Å². The zero-order valence-corrected chi connectivity index (χ0v) is 17.2. The van der Waals surface area contributed by atoms with E-state index >= 15 is 0 Å². The Morgan fingerprint density at radius 3 is 2.73 bits per heavy atom. The summed E-state index contributed by atoms with van der Waals surface area (Å²) in [6.45, 7) is 4.05. The van der Waals surface area contributed by atoms with Crippen LogP contribution in [0.15, 0.2) is 74.9 Å². The predicted octanol–water partition coefficient (Wildman–Crippen LogP) is 4.89. The monoisotopic (exact) mass is 437 g/mol. The number of amides is 1. The Morgan fingerprint density at radius 2 is 2.07 bits per heavy atom. The van der Waals surface area contributed by atoms with Crippen LogP contribution >= 0.6 is 23.1 Å². The molecule has 3 aromatic rings. The van der Waals surface area contributed by atoms with Gasteiger partial charge in [-0.3, -0.25) is 9.69 Å². The molecule has 0 unspecified atom stereocenters. The van der Waals surface area contributed by atoms with Crippen LogP contribution in [-0.2, 0) is 4.79 Å². The van der Waals surface area contributed by atoms with Crippen LogP contribution < -0.4 is 0 Å². The van der Waals surface area contributed by atoms with Crippen molar-refractivity contribution in [3.63, 3.8) is 0 Å². The summed E-state index contributed by atoms with van der Waals surface area (Å²) in [4.78, 5) is 34.4. The van der Waals surface area contributed by atoms with Gasteiger partial charge >= 0.3 is 5.97 Å². The van der Waals surface area contributed by atoms with E-state index in [1.807, 2.05) is 5.38 Å². The van der Waals surface area contributed by atoms with Gasteiger partial charge in [0.05, 0.1) is 10.5 Å². The van der Waals surface area contributed by atoms with E-state index in [9.17, 15) is 9.59 Å². The first-order valence-corrected chi connectivity index (χ1v) is 10.5. The first kappa shape index (κ1) is 19.9. The van der Waals surface area contributed by atoms with E-state index in [0.29, 0.717) is 33.3 Å². The lowest BCUT2D eigenvalue weighted by Crippen LogP contribution is -2.29. The Hall–Kier alpha value is -3.43. The molecule has 0 atom stereocenters. The molecule has 1 fully saturated rings. The summed E-state index contributed by atoms with van der Waals surface area (Å²) in [5.74, 6) is -0.0764. The average Bonchev–Trinajstić information content (AvgIpc) is 3.47.